The average Bonchev–Trinajstić information content (AvgIpc) is 3.66. The van der Waals surface area contributed by atoms with E-state index in [0.717, 1.165) is 19.4 Å². The zero-order chi connectivity index (χ0) is 25.9. The summed E-state index contributed by atoms with van der Waals surface area (Å²) in [7, 11) is 2.92. The predicted octanol–water partition coefficient (Wildman–Crippen LogP) is 3.15. The predicted molar refractivity (Wildman–Crippen MR) is 137 cm³/mol. The van der Waals surface area contributed by atoms with Crippen molar-refractivity contribution in [1.29, 1.82) is 0 Å². The molecule has 5 rings (SSSR count). The van der Waals surface area contributed by atoms with Gasteiger partial charge in [0.1, 0.15) is 11.3 Å². The number of aromatic nitrogens is 3. The lowest BCUT2D eigenvalue weighted by atomic mass is 10.1. The van der Waals surface area contributed by atoms with E-state index in [1.54, 1.807) is 18.3 Å². The Bertz CT molecular complexity index is 1330. The Morgan fingerprint density at radius 2 is 2.00 bits per heavy atom. The van der Waals surface area contributed by atoms with Crippen LogP contribution in [0.3, 0.4) is 0 Å². The first-order valence-electron chi connectivity index (χ1n) is 12.1. The molecule has 1 amide bonds. The number of fused-ring (bicyclic) bond motifs is 1. The lowest BCUT2D eigenvalue weighted by Crippen LogP contribution is -2.45. The summed E-state index contributed by atoms with van der Waals surface area (Å²) in [4.78, 5) is 25.7. The summed E-state index contributed by atoms with van der Waals surface area (Å²) in [5.74, 6) is 1.21. The highest BCUT2D eigenvalue weighted by Crippen LogP contribution is 2.36. The number of rotatable bonds is 10. The minimum absolute atomic E-state index is 0.0661. The molecule has 1 saturated carbocycles. The van der Waals surface area contributed by atoms with E-state index in [4.69, 9.17) is 24.2 Å². The van der Waals surface area contributed by atoms with Gasteiger partial charge >= 0.3 is 0 Å². The number of carbonyl (C=O) groups excluding carboxylic acids is 1. The van der Waals surface area contributed by atoms with Gasteiger partial charge < -0.3 is 30.2 Å². The maximum absolute atomic E-state index is 15.2. The molecule has 2 aromatic heterocycles. The molecule has 2 fully saturated rings. The van der Waals surface area contributed by atoms with Crippen LogP contribution in [0.2, 0.25) is 0 Å². The first-order chi connectivity index (χ1) is 18.0. The van der Waals surface area contributed by atoms with Gasteiger partial charge in [-0.2, -0.15) is 0 Å². The zero-order valence-electron chi connectivity index (χ0n) is 20.7. The van der Waals surface area contributed by atoms with Crippen molar-refractivity contribution in [2.45, 2.75) is 24.9 Å². The SMILES string of the molecule is C=CC(=O)N[C@H]1COC[C@H]1Nc1ncc2cc(-c3cc(OC)cc(OC)c3F)nc(NCC3CC3)c2n1. The molecule has 10 nitrogen and oxygen atoms in total. The molecule has 3 aromatic rings. The number of benzene rings is 1. The fourth-order valence-corrected chi connectivity index (χ4v) is 4.20. The van der Waals surface area contributed by atoms with Crippen molar-refractivity contribution in [3.8, 4) is 22.8 Å². The topological polar surface area (TPSA) is 120 Å². The average molecular weight is 509 g/mol. The number of carbonyl (C=O) groups is 1. The standard InChI is InChI=1S/C26H29FN6O4/c1-4-22(34)30-19-12-37-13-20(19)32-26-29-11-15-7-18(17-8-16(35-2)9-21(36-3)23(17)27)31-25(24(15)33-26)28-10-14-5-6-14/h4,7-9,11,14,19-20H,1,5-6,10,12-13H2,2-3H3,(H,28,31)(H,30,34)(H,29,32,33)/t19-,20+/m0/s1. The molecule has 2 aliphatic rings. The van der Waals surface area contributed by atoms with Gasteiger partial charge in [0, 0.05) is 29.8 Å². The summed E-state index contributed by atoms with van der Waals surface area (Å²) in [6, 6.07) is 4.36. The van der Waals surface area contributed by atoms with Crippen molar-refractivity contribution < 1.29 is 23.4 Å². The third-order valence-corrected chi connectivity index (χ3v) is 6.47. The van der Waals surface area contributed by atoms with Crippen LogP contribution >= 0.6 is 0 Å². The summed E-state index contributed by atoms with van der Waals surface area (Å²) in [6.45, 7) is 5.01. The third-order valence-electron chi connectivity index (χ3n) is 6.47. The Morgan fingerprint density at radius 3 is 2.73 bits per heavy atom. The number of hydrogen-bond acceptors (Lipinski definition) is 9. The molecule has 1 aliphatic carbocycles. The number of nitrogens with zero attached hydrogens (tertiary/aromatic N) is 3. The second kappa shape index (κ2) is 10.6. The first kappa shape index (κ1) is 24.7. The number of hydrogen-bond donors (Lipinski definition) is 3. The molecule has 194 valence electrons. The van der Waals surface area contributed by atoms with Gasteiger partial charge in [-0.05, 0) is 37.0 Å². The normalized spacial score (nSPS) is 18.9. The Hall–Kier alpha value is -3.99. The van der Waals surface area contributed by atoms with Crippen molar-refractivity contribution >= 4 is 28.6 Å². The van der Waals surface area contributed by atoms with Gasteiger partial charge in [-0.1, -0.05) is 6.58 Å². The number of methoxy groups -OCH3 is 2. The van der Waals surface area contributed by atoms with E-state index in [2.05, 4.69) is 27.5 Å². The van der Waals surface area contributed by atoms with Crippen LogP contribution in [-0.2, 0) is 9.53 Å². The van der Waals surface area contributed by atoms with Crippen molar-refractivity contribution in [3.05, 3.63) is 42.9 Å². The molecule has 1 aromatic carbocycles. The lowest BCUT2D eigenvalue weighted by Gasteiger charge is -2.20. The van der Waals surface area contributed by atoms with Crippen LogP contribution in [0.4, 0.5) is 16.2 Å². The highest BCUT2D eigenvalue weighted by Gasteiger charge is 2.30. The Labute approximate surface area is 213 Å². The molecule has 0 spiro atoms. The quantitative estimate of drug-likeness (QED) is 0.355. The number of anilines is 2. The monoisotopic (exact) mass is 508 g/mol. The first-order valence-corrected chi connectivity index (χ1v) is 12.1. The third kappa shape index (κ3) is 5.41. The smallest absolute Gasteiger partial charge is 0.243 e. The van der Waals surface area contributed by atoms with Crippen LogP contribution in [0.15, 0.2) is 37.1 Å². The highest BCUT2D eigenvalue weighted by molar-refractivity contribution is 5.92. The van der Waals surface area contributed by atoms with Gasteiger partial charge in [0.2, 0.25) is 11.9 Å². The molecular formula is C26H29FN6O4. The molecule has 3 heterocycles. The van der Waals surface area contributed by atoms with E-state index in [1.807, 2.05) is 0 Å². The number of halogens is 1. The molecule has 1 saturated heterocycles. The van der Waals surface area contributed by atoms with E-state index in [9.17, 15) is 4.79 Å². The number of pyridine rings is 1. The van der Waals surface area contributed by atoms with Gasteiger partial charge in [0.25, 0.3) is 0 Å². The molecule has 0 unspecified atom stereocenters. The maximum atomic E-state index is 15.2. The zero-order valence-corrected chi connectivity index (χ0v) is 20.7. The van der Waals surface area contributed by atoms with Crippen LogP contribution in [0.5, 0.6) is 11.5 Å². The molecule has 1 aliphatic heterocycles. The van der Waals surface area contributed by atoms with Gasteiger partial charge in [0.05, 0.1) is 45.2 Å². The summed E-state index contributed by atoms with van der Waals surface area (Å²) in [5, 5.41) is 10.2. The van der Waals surface area contributed by atoms with Crippen molar-refractivity contribution in [2.75, 3.05) is 44.6 Å². The van der Waals surface area contributed by atoms with E-state index in [-0.39, 0.29) is 29.3 Å². The molecule has 0 bridgehead atoms. The highest BCUT2D eigenvalue weighted by atomic mass is 19.1. The van der Waals surface area contributed by atoms with E-state index in [1.165, 1.54) is 26.4 Å². The number of amides is 1. The Morgan fingerprint density at radius 1 is 1.19 bits per heavy atom. The second-order valence-electron chi connectivity index (χ2n) is 9.11. The van der Waals surface area contributed by atoms with Crippen molar-refractivity contribution in [2.24, 2.45) is 5.92 Å². The molecule has 3 N–H and O–H groups in total. The van der Waals surface area contributed by atoms with E-state index >= 15 is 4.39 Å². The fraction of sp³-hybridized carbons (Fsp3) is 0.385. The van der Waals surface area contributed by atoms with E-state index < -0.39 is 5.82 Å². The summed E-state index contributed by atoms with van der Waals surface area (Å²) in [5.41, 5.74) is 1.25. The molecule has 0 radical (unpaired) electrons. The Kier molecular flexibility index (Phi) is 7.04. The van der Waals surface area contributed by atoms with Crippen LogP contribution in [0.25, 0.3) is 22.2 Å². The fourth-order valence-electron chi connectivity index (χ4n) is 4.20. The molecule has 11 heteroatoms. The minimum atomic E-state index is -0.531. The minimum Gasteiger partial charge on any atom is -0.497 e. The summed E-state index contributed by atoms with van der Waals surface area (Å²) >= 11 is 0. The van der Waals surface area contributed by atoms with Crippen LogP contribution in [0.1, 0.15) is 12.8 Å². The largest absolute Gasteiger partial charge is 0.497 e. The van der Waals surface area contributed by atoms with Gasteiger partial charge in [-0.15, -0.1) is 0 Å². The van der Waals surface area contributed by atoms with Crippen molar-refractivity contribution in [1.82, 2.24) is 20.3 Å². The number of ether oxygens (including phenoxy) is 3. The second-order valence-corrected chi connectivity index (χ2v) is 9.11. The molecule has 2 atom stereocenters. The summed E-state index contributed by atoms with van der Waals surface area (Å²) < 4.78 is 31.3. The van der Waals surface area contributed by atoms with Crippen molar-refractivity contribution in [3.63, 3.8) is 0 Å². The lowest BCUT2D eigenvalue weighted by molar-refractivity contribution is -0.117. The van der Waals surface area contributed by atoms with Crippen LogP contribution in [-0.4, -0.2) is 66.9 Å². The number of nitrogens with one attached hydrogen (secondary N) is 3. The Balaban J connectivity index is 1.51. The summed E-state index contributed by atoms with van der Waals surface area (Å²) in [6.07, 6.45) is 5.21. The van der Waals surface area contributed by atoms with Crippen LogP contribution in [0, 0.1) is 11.7 Å². The van der Waals surface area contributed by atoms with Crippen LogP contribution < -0.4 is 25.4 Å². The van der Waals surface area contributed by atoms with Gasteiger partial charge in [-0.3, -0.25) is 4.79 Å². The van der Waals surface area contributed by atoms with E-state index in [0.29, 0.717) is 53.2 Å². The van der Waals surface area contributed by atoms with Gasteiger partial charge in [0.15, 0.2) is 17.4 Å². The molecule has 37 heavy (non-hydrogen) atoms. The van der Waals surface area contributed by atoms with Gasteiger partial charge in [-0.25, -0.2) is 19.3 Å². The maximum Gasteiger partial charge on any atom is 0.243 e. The molecular weight excluding hydrogens is 479 g/mol.